The molecule has 5 rings (SSSR count). The number of rotatable bonds is 7. The zero-order chi connectivity index (χ0) is 22.6. The minimum atomic E-state index is -0.182. The predicted molar refractivity (Wildman–Crippen MR) is 136 cm³/mol. The largest absolute Gasteiger partial charge is 0.492 e. The zero-order valence-electron chi connectivity index (χ0n) is 19.2. The Balaban J connectivity index is 1.31. The second kappa shape index (κ2) is 10.1. The predicted octanol–water partition coefficient (Wildman–Crippen LogP) is 6.67. The van der Waals surface area contributed by atoms with Crippen molar-refractivity contribution in [3.8, 4) is 5.75 Å². The first-order valence-corrected chi connectivity index (χ1v) is 12.9. The number of Topliss-reactive ketones (excluding diaryl/α,β-unsaturated/α-hetero) is 1. The number of carbonyl (C=O) groups excluding carboxylic acids is 1. The van der Waals surface area contributed by atoms with Crippen LogP contribution in [0.5, 0.6) is 5.75 Å². The summed E-state index contributed by atoms with van der Waals surface area (Å²) in [5, 5.41) is 0.0935. The summed E-state index contributed by atoms with van der Waals surface area (Å²) >= 11 is 1.81. The van der Waals surface area contributed by atoms with E-state index in [0.717, 1.165) is 23.4 Å². The number of likely N-dealkylation sites (tertiary alicyclic amines) is 1. The molecule has 4 heteroatoms. The summed E-state index contributed by atoms with van der Waals surface area (Å²) in [7, 11) is 0. The molecule has 0 amide bonds. The van der Waals surface area contributed by atoms with E-state index < -0.39 is 0 Å². The van der Waals surface area contributed by atoms with Crippen LogP contribution in [0, 0.1) is 6.92 Å². The Hall–Kier alpha value is -2.56. The molecule has 0 radical (unpaired) electrons. The van der Waals surface area contributed by atoms with Crippen LogP contribution in [0.2, 0.25) is 0 Å². The minimum absolute atomic E-state index is 0.0935. The maximum atomic E-state index is 13.7. The molecule has 0 aliphatic carbocycles. The number of benzene rings is 3. The molecular weight excluding hydrogens is 426 g/mol. The van der Waals surface area contributed by atoms with Gasteiger partial charge in [-0.2, -0.15) is 0 Å². The molecule has 2 aliphatic heterocycles. The molecule has 170 valence electrons. The average molecular weight is 458 g/mol. The number of hydrogen-bond donors (Lipinski definition) is 0. The van der Waals surface area contributed by atoms with E-state index in [2.05, 4.69) is 54.3 Å². The van der Waals surface area contributed by atoms with Crippen molar-refractivity contribution in [2.45, 2.75) is 42.2 Å². The molecule has 2 unspecified atom stereocenters. The molecular formula is C29H31NO2S. The van der Waals surface area contributed by atoms with Crippen molar-refractivity contribution in [2.24, 2.45) is 0 Å². The molecule has 1 saturated heterocycles. The highest BCUT2D eigenvalue weighted by molar-refractivity contribution is 8.00. The molecule has 0 spiro atoms. The molecule has 2 atom stereocenters. The van der Waals surface area contributed by atoms with Crippen molar-refractivity contribution < 1.29 is 9.53 Å². The van der Waals surface area contributed by atoms with E-state index in [4.69, 9.17) is 4.74 Å². The van der Waals surface area contributed by atoms with Crippen LogP contribution in [-0.2, 0) is 0 Å². The van der Waals surface area contributed by atoms with Crippen LogP contribution in [-0.4, -0.2) is 36.9 Å². The van der Waals surface area contributed by atoms with Crippen LogP contribution >= 0.6 is 11.8 Å². The summed E-state index contributed by atoms with van der Waals surface area (Å²) in [6.45, 7) is 6.13. The van der Waals surface area contributed by atoms with Gasteiger partial charge < -0.3 is 4.74 Å². The fourth-order valence-corrected chi connectivity index (χ4v) is 6.48. The highest BCUT2D eigenvalue weighted by atomic mass is 32.2. The molecule has 3 aromatic carbocycles. The molecule has 3 aromatic rings. The lowest BCUT2D eigenvalue weighted by molar-refractivity contribution is 0.0958. The normalized spacial score (nSPS) is 20.4. The number of thioether (sulfide) groups is 1. The number of fused-ring (bicyclic) bond motifs is 1. The number of ether oxygens (including phenoxy) is 1. The lowest BCUT2D eigenvalue weighted by atomic mass is 9.85. The molecule has 0 saturated carbocycles. The van der Waals surface area contributed by atoms with Gasteiger partial charge in [0.2, 0.25) is 0 Å². The fraction of sp³-hybridized carbons (Fsp3) is 0.345. The lowest BCUT2D eigenvalue weighted by Gasteiger charge is -2.26. The van der Waals surface area contributed by atoms with Gasteiger partial charge in [-0.15, -0.1) is 11.8 Å². The van der Waals surface area contributed by atoms with Crippen molar-refractivity contribution in [1.29, 1.82) is 0 Å². The third kappa shape index (κ3) is 5.02. The van der Waals surface area contributed by atoms with Crippen LogP contribution < -0.4 is 4.74 Å². The second-order valence-corrected chi connectivity index (χ2v) is 10.3. The van der Waals surface area contributed by atoms with E-state index in [-0.39, 0.29) is 17.0 Å². The van der Waals surface area contributed by atoms with Gasteiger partial charge >= 0.3 is 0 Å². The summed E-state index contributed by atoms with van der Waals surface area (Å²) in [6.07, 6.45) is 3.94. The topological polar surface area (TPSA) is 29.5 Å². The van der Waals surface area contributed by atoms with Crippen molar-refractivity contribution in [2.75, 3.05) is 26.2 Å². The van der Waals surface area contributed by atoms with E-state index in [1.54, 1.807) is 0 Å². The van der Waals surface area contributed by atoms with Crippen molar-refractivity contribution in [3.63, 3.8) is 0 Å². The van der Waals surface area contributed by atoms with Gasteiger partial charge in [-0.1, -0.05) is 48.9 Å². The zero-order valence-corrected chi connectivity index (χ0v) is 20.0. The number of ketones is 1. The van der Waals surface area contributed by atoms with Crippen LogP contribution in [0.15, 0.2) is 77.7 Å². The Labute approximate surface area is 201 Å². The van der Waals surface area contributed by atoms with Gasteiger partial charge in [0.15, 0.2) is 5.78 Å². The average Bonchev–Trinajstić information content (AvgIpc) is 3.24. The molecule has 3 nitrogen and oxygen atoms in total. The first kappa shape index (κ1) is 22.2. The van der Waals surface area contributed by atoms with E-state index >= 15 is 0 Å². The summed E-state index contributed by atoms with van der Waals surface area (Å²) in [5.41, 5.74) is 4.32. The first-order valence-electron chi connectivity index (χ1n) is 12.0. The molecule has 0 N–H and O–H groups in total. The second-order valence-electron chi connectivity index (χ2n) is 9.11. The van der Waals surface area contributed by atoms with E-state index in [9.17, 15) is 4.79 Å². The lowest BCUT2D eigenvalue weighted by Crippen LogP contribution is -2.33. The summed E-state index contributed by atoms with van der Waals surface area (Å²) in [6, 6.07) is 24.6. The summed E-state index contributed by atoms with van der Waals surface area (Å²) in [5.74, 6) is 0.831. The van der Waals surface area contributed by atoms with Crippen molar-refractivity contribution >= 4 is 17.5 Å². The van der Waals surface area contributed by atoms with Crippen LogP contribution in [0.25, 0.3) is 0 Å². The summed E-state index contributed by atoms with van der Waals surface area (Å²) < 4.78 is 5.97. The fourth-order valence-electron chi connectivity index (χ4n) is 4.92. The quantitative estimate of drug-likeness (QED) is 0.371. The Morgan fingerprint density at radius 1 is 0.970 bits per heavy atom. The first-order chi connectivity index (χ1) is 16.2. The maximum Gasteiger partial charge on any atom is 0.171 e. The van der Waals surface area contributed by atoms with Gasteiger partial charge in [-0.25, -0.2) is 0 Å². The standard InChI is InChI=1S/C29H31NO2S/c1-21-10-15-25-26(20-21)33-29(23-8-4-2-5-9-23)27(25)28(31)22-11-13-24(14-12-22)32-19-18-30-16-6-3-7-17-30/h2,4-5,8-15,20,27,29H,3,6-7,16-19H2,1H3. The number of hydrogen-bond acceptors (Lipinski definition) is 4. The Kier molecular flexibility index (Phi) is 6.84. The van der Waals surface area contributed by atoms with Crippen LogP contribution in [0.1, 0.15) is 57.5 Å². The van der Waals surface area contributed by atoms with Crippen LogP contribution in [0.4, 0.5) is 0 Å². The molecule has 0 aromatic heterocycles. The molecule has 33 heavy (non-hydrogen) atoms. The van der Waals surface area contributed by atoms with Gasteiger partial charge in [0.1, 0.15) is 12.4 Å². The molecule has 0 bridgehead atoms. The third-order valence-electron chi connectivity index (χ3n) is 6.74. The van der Waals surface area contributed by atoms with Gasteiger partial charge in [0.05, 0.1) is 5.92 Å². The van der Waals surface area contributed by atoms with Gasteiger partial charge in [-0.3, -0.25) is 9.69 Å². The maximum absolute atomic E-state index is 13.7. The van der Waals surface area contributed by atoms with Gasteiger partial charge in [-0.05, 0) is 79.9 Å². The monoisotopic (exact) mass is 457 g/mol. The molecule has 1 fully saturated rings. The summed E-state index contributed by atoms with van der Waals surface area (Å²) in [4.78, 5) is 17.4. The molecule has 2 aliphatic rings. The minimum Gasteiger partial charge on any atom is -0.492 e. The highest BCUT2D eigenvalue weighted by Crippen LogP contribution is 2.55. The number of aryl methyl sites for hydroxylation is 1. The number of nitrogens with zero attached hydrogens (tertiary/aromatic N) is 1. The third-order valence-corrected chi connectivity index (χ3v) is 8.14. The van der Waals surface area contributed by atoms with Crippen molar-refractivity contribution in [1.82, 2.24) is 4.90 Å². The van der Waals surface area contributed by atoms with E-state index in [0.29, 0.717) is 6.61 Å². The molecule has 2 heterocycles. The number of carbonyl (C=O) groups is 1. The number of piperidine rings is 1. The Bertz CT molecular complexity index is 1090. The van der Waals surface area contributed by atoms with E-state index in [1.165, 1.54) is 48.4 Å². The Morgan fingerprint density at radius 3 is 2.48 bits per heavy atom. The van der Waals surface area contributed by atoms with E-state index in [1.807, 2.05) is 42.1 Å². The Morgan fingerprint density at radius 2 is 1.73 bits per heavy atom. The van der Waals surface area contributed by atoms with Crippen molar-refractivity contribution in [3.05, 3.63) is 95.1 Å². The SMILES string of the molecule is Cc1ccc2c(c1)SC(c1ccccc1)C2C(=O)c1ccc(OCCN2CCCCC2)cc1. The highest BCUT2D eigenvalue weighted by Gasteiger charge is 2.39. The van der Waals surface area contributed by atoms with Crippen LogP contribution in [0.3, 0.4) is 0 Å². The smallest absolute Gasteiger partial charge is 0.171 e. The van der Waals surface area contributed by atoms with Gasteiger partial charge in [0, 0.05) is 22.3 Å². The van der Waals surface area contributed by atoms with Gasteiger partial charge in [0.25, 0.3) is 0 Å².